The summed E-state index contributed by atoms with van der Waals surface area (Å²) in [5.74, 6) is 0.154. The Labute approximate surface area is 145 Å². The fraction of sp³-hybridized carbons (Fsp3) is 0.650. The lowest BCUT2D eigenvalue weighted by atomic mass is 9.98. The van der Waals surface area contributed by atoms with Crippen molar-refractivity contribution in [1.29, 1.82) is 0 Å². The molecule has 4 heteroatoms. The Kier molecular flexibility index (Phi) is 5.26. The minimum atomic E-state index is -0.669. The zero-order valence-electron chi connectivity index (χ0n) is 15.0. The molecule has 1 amide bonds. The molecule has 4 nitrogen and oxygen atoms in total. The highest BCUT2D eigenvalue weighted by Crippen LogP contribution is 2.22. The third-order valence-corrected chi connectivity index (χ3v) is 5.31. The molecule has 132 valence electrons. The molecular formula is C20H30N2O2. The number of amides is 1. The average molecular weight is 330 g/mol. The fourth-order valence-electron chi connectivity index (χ4n) is 3.82. The van der Waals surface area contributed by atoms with Crippen LogP contribution in [0.1, 0.15) is 55.5 Å². The van der Waals surface area contributed by atoms with Crippen molar-refractivity contribution in [3.8, 4) is 0 Å². The molecule has 1 aromatic carbocycles. The Balaban J connectivity index is 1.60. The average Bonchev–Trinajstić information content (AvgIpc) is 3.22. The summed E-state index contributed by atoms with van der Waals surface area (Å²) in [7, 11) is 0. The van der Waals surface area contributed by atoms with Gasteiger partial charge in [-0.15, -0.1) is 0 Å². The molecule has 1 aromatic rings. The van der Waals surface area contributed by atoms with Gasteiger partial charge in [0.15, 0.2) is 0 Å². The Morgan fingerprint density at radius 1 is 1.25 bits per heavy atom. The molecule has 0 unspecified atom stereocenters. The van der Waals surface area contributed by atoms with Crippen LogP contribution in [0.15, 0.2) is 24.3 Å². The maximum atomic E-state index is 12.8. The molecule has 0 radical (unpaired) electrons. The molecule has 3 rings (SSSR count). The van der Waals surface area contributed by atoms with Crippen LogP contribution in [0.2, 0.25) is 0 Å². The van der Waals surface area contributed by atoms with Crippen molar-refractivity contribution in [1.82, 2.24) is 9.80 Å². The highest BCUT2D eigenvalue weighted by atomic mass is 16.3. The van der Waals surface area contributed by atoms with Gasteiger partial charge in [-0.1, -0.05) is 12.1 Å². The second kappa shape index (κ2) is 7.24. The number of aliphatic hydroxyl groups is 1. The Bertz CT molecular complexity index is 573. The summed E-state index contributed by atoms with van der Waals surface area (Å²) in [5.41, 5.74) is 1.24. The van der Waals surface area contributed by atoms with Crippen LogP contribution < -0.4 is 0 Å². The van der Waals surface area contributed by atoms with Gasteiger partial charge in [-0.25, -0.2) is 0 Å². The van der Waals surface area contributed by atoms with Gasteiger partial charge in [0.1, 0.15) is 0 Å². The summed E-state index contributed by atoms with van der Waals surface area (Å²) in [6.07, 6.45) is 5.19. The van der Waals surface area contributed by atoms with Crippen LogP contribution in [-0.2, 0) is 6.42 Å². The molecule has 2 aliphatic rings. The monoisotopic (exact) mass is 330 g/mol. The van der Waals surface area contributed by atoms with E-state index in [0.29, 0.717) is 12.5 Å². The van der Waals surface area contributed by atoms with E-state index in [9.17, 15) is 9.90 Å². The predicted molar refractivity (Wildman–Crippen MR) is 96.2 cm³/mol. The molecule has 1 N–H and O–H groups in total. The second-order valence-corrected chi connectivity index (χ2v) is 7.95. The third-order valence-electron chi connectivity index (χ3n) is 5.31. The van der Waals surface area contributed by atoms with Crippen molar-refractivity contribution in [2.45, 2.75) is 57.6 Å². The largest absolute Gasteiger partial charge is 0.390 e. The van der Waals surface area contributed by atoms with Gasteiger partial charge < -0.3 is 10.0 Å². The van der Waals surface area contributed by atoms with E-state index in [1.165, 1.54) is 25.9 Å². The van der Waals surface area contributed by atoms with Crippen LogP contribution in [0.5, 0.6) is 0 Å². The molecule has 0 bridgehead atoms. The van der Waals surface area contributed by atoms with Crippen molar-refractivity contribution in [3.05, 3.63) is 35.4 Å². The molecule has 0 spiro atoms. The third kappa shape index (κ3) is 4.37. The van der Waals surface area contributed by atoms with Crippen LogP contribution >= 0.6 is 0 Å². The normalized spacial score (nSPS) is 22.3. The smallest absolute Gasteiger partial charge is 0.253 e. The summed E-state index contributed by atoms with van der Waals surface area (Å²) in [4.78, 5) is 17.4. The molecule has 0 saturated carbocycles. The van der Waals surface area contributed by atoms with Gasteiger partial charge in [-0.05, 0) is 76.7 Å². The van der Waals surface area contributed by atoms with E-state index in [-0.39, 0.29) is 5.91 Å². The number of rotatable bonds is 5. The number of likely N-dealkylation sites (tertiary alicyclic amines) is 2. The summed E-state index contributed by atoms with van der Waals surface area (Å²) in [5, 5.41) is 9.88. The summed E-state index contributed by atoms with van der Waals surface area (Å²) >= 11 is 0. The first-order valence-electron chi connectivity index (χ1n) is 9.27. The molecular weight excluding hydrogens is 300 g/mol. The van der Waals surface area contributed by atoms with Crippen molar-refractivity contribution in [2.75, 3.05) is 26.2 Å². The van der Waals surface area contributed by atoms with E-state index < -0.39 is 5.60 Å². The first-order chi connectivity index (χ1) is 11.4. The topological polar surface area (TPSA) is 43.8 Å². The number of hydrogen-bond donors (Lipinski definition) is 1. The second-order valence-electron chi connectivity index (χ2n) is 7.95. The van der Waals surface area contributed by atoms with Gasteiger partial charge >= 0.3 is 0 Å². The number of benzene rings is 1. The SMILES string of the molecule is CC(C)(O)CCc1cccc(C(=O)N2CC[C@H](N3CCCC3)C2)c1. The number of hydrogen-bond acceptors (Lipinski definition) is 3. The van der Waals surface area contributed by atoms with E-state index in [1.54, 1.807) is 0 Å². The number of aryl methyl sites for hydroxylation is 1. The lowest BCUT2D eigenvalue weighted by molar-refractivity contribution is 0.0714. The Morgan fingerprint density at radius 3 is 2.71 bits per heavy atom. The van der Waals surface area contributed by atoms with E-state index >= 15 is 0 Å². The maximum Gasteiger partial charge on any atom is 0.253 e. The van der Waals surface area contributed by atoms with Crippen LogP contribution in [0.4, 0.5) is 0 Å². The number of nitrogens with zero attached hydrogens (tertiary/aromatic N) is 2. The standard InChI is InChI=1S/C20H30N2O2/c1-20(2,24)10-8-16-6-5-7-17(14-16)19(23)22-13-9-18(15-22)21-11-3-4-12-21/h5-7,14,18,24H,3-4,8-13,15H2,1-2H3/t18-/m0/s1. The highest BCUT2D eigenvalue weighted by molar-refractivity contribution is 5.94. The van der Waals surface area contributed by atoms with Gasteiger partial charge in [0, 0.05) is 24.7 Å². The van der Waals surface area contributed by atoms with E-state index in [0.717, 1.165) is 37.1 Å². The number of carbonyl (C=O) groups excluding carboxylic acids is 1. The molecule has 2 heterocycles. The zero-order valence-corrected chi connectivity index (χ0v) is 15.0. The molecule has 1 atom stereocenters. The highest BCUT2D eigenvalue weighted by Gasteiger charge is 2.31. The van der Waals surface area contributed by atoms with Crippen LogP contribution in [0, 0.1) is 0 Å². The number of carbonyl (C=O) groups is 1. The van der Waals surface area contributed by atoms with Gasteiger partial charge in [0.05, 0.1) is 5.60 Å². The lowest BCUT2D eigenvalue weighted by Crippen LogP contribution is -2.37. The maximum absolute atomic E-state index is 12.8. The van der Waals surface area contributed by atoms with Gasteiger partial charge in [0.25, 0.3) is 5.91 Å². The predicted octanol–water partition coefficient (Wildman–Crippen LogP) is 2.70. The van der Waals surface area contributed by atoms with Crippen LogP contribution in [0.3, 0.4) is 0 Å². The lowest BCUT2D eigenvalue weighted by Gasteiger charge is -2.23. The van der Waals surface area contributed by atoms with E-state index in [1.807, 2.05) is 43.0 Å². The van der Waals surface area contributed by atoms with Crippen LogP contribution in [0.25, 0.3) is 0 Å². The van der Waals surface area contributed by atoms with Crippen molar-refractivity contribution in [3.63, 3.8) is 0 Å². The van der Waals surface area contributed by atoms with Crippen molar-refractivity contribution < 1.29 is 9.90 Å². The fourth-order valence-corrected chi connectivity index (χ4v) is 3.82. The van der Waals surface area contributed by atoms with Gasteiger partial charge in [-0.2, -0.15) is 0 Å². The van der Waals surface area contributed by atoms with Gasteiger partial charge in [-0.3, -0.25) is 9.69 Å². The molecule has 2 fully saturated rings. The molecule has 2 aliphatic heterocycles. The summed E-state index contributed by atoms with van der Waals surface area (Å²) in [6.45, 7) is 7.77. The van der Waals surface area contributed by atoms with Crippen molar-refractivity contribution in [2.24, 2.45) is 0 Å². The van der Waals surface area contributed by atoms with Crippen LogP contribution in [-0.4, -0.2) is 58.6 Å². The summed E-state index contributed by atoms with van der Waals surface area (Å²) < 4.78 is 0. The molecule has 0 aliphatic carbocycles. The molecule has 0 aromatic heterocycles. The first kappa shape index (κ1) is 17.4. The summed E-state index contributed by atoms with van der Waals surface area (Å²) in [6, 6.07) is 8.46. The molecule has 24 heavy (non-hydrogen) atoms. The molecule has 2 saturated heterocycles. The Morgan fingerprint density at radius 2 is 2.00 bits per heavy atom. The Hall–Kier alpha value is -1.39. The minimum absolute atomic E-state index is 0.154. The first-order valence-corrected chi connectivity index (χ1v) is 9.27. The van der Waals surface area contributed by atoms with Gasteiger partial charge in [0.2, 0.25) is 0 Å². The quantitative estimate of drug-likeness (QED) is 0.903. The van der Waals surface area contributed by atoms with E-state index in [2.05, 4.69) is 4.90 Å². The van der Waals surface area contributed by atoms with Crippen molar-refractivity contribution >= 4 is 5.91 Å². The zero-order chi connectivity index (χ0) is 17.2. The minimum Gasteiger partial charge on any atom is -0.390 e. The van der Waals surface area contributed by atoms with E-state index in [4.69, 9.17) is 0 Å².